The van der Waals surface area contributed by atoms with Crippen molar-refractivity contribution >= 4 is 21.8 Å². The Morgan fingerprint density at radius 1 is 1.37 bits per heavy atom. The molecule has 0 aliphatic heterocycles. The second-order valence-electron chi connectivity index (χ2n) is 4.36. The van der Waals surface area contributed by atoms with Crippen LogP contribution in [-0.2, 0) is 0 Å². The minimum absolute atomic E-state index is 0.0804. The van der Waals surface area contributed by atoms with E-state index in [9.17, 15) is 0 Å². The zero-order valence-corrected chi connectivity index (χ0v) is 12.6. The first-order valence-corrected chi connectivity index (χ1v) is 6.55. The highest BCUT2D eigenvalue weighted by Gasteiger charge is 2.12. The van der Waals surface area contributed by atoms with Crippen LogP contribution in [-0.4, -0.2) is 20.8 Å². The van der Waals surface area contributed by atoms with E-state index in [4.69, 9.17) is 10.9 Å². The third-order valence-electron chi connectivity index (χ3n) is 3.23. The third-order valence-corrected chi connectivity index (χ3v) is 3.87. The first-order valence-electron chi connectivity index (χ1n) is 5.76. The SMILES string of the molecule is Cc1nn(-c2ccc(/C(N)=N/O)cc2Br)c(C)c1C. The standard InChI is InChI=1S/C13H15BrN4O/c1-7-8(2)16-18(9(7)3)12-5-4-10(6-11(12)14)13(15)17-19/h4-6,19H,1-3H3,(H2,15,17). The summed E-state index contributed by atoms with van der Waals surface area (Å²) in [5.74, 6) is 0.0804. The van der Waals surface area contributed by atoms with Gasteiger partial charge in [-0.2, -0.15) is 5.10 Å². The number of oxime groups is 1. The summed E-state index contributed by atoms with van der Waals surface area (Å²) in [6.45, 7) is 6.06. The van der Waals surface area contributed by atoms with E-state index in [1.165, 1.54) is 5.56 Å². The minimum Gasteiger partial charge on any atom is -0.409 e. The normalized spacial score (nSPS) is 11.9. The number of benzene rings is 1. The quantitative estimate of drug-likeness (QED) is 0.386. The zero-order chi connectivity index (χ0) is 14.2. The van der Waals surface area contributed by atoms with Crippen molar-refractivity contribution in [2.75, 3.05) is 0 Å². The summed E-state index contributed by atoms with van der Waals surface area (Å²) in [5, 5.41) is 16.2. The highest BCUT2D eigenvalue weighted by Crippen LogP contribution is 2.25. The van der Waals surface area contributed by atoms with E-state index in [1.54, 1.807) is 12.1 Å². The van der Waals surface area contributed by atoms with Crippen LogP contribution in [0.15, 0.2) is 27.8 Å². The average Bonchev–Trinajstić information content (AvgIpc) is 2.65. The monoisotopic (exact) mass is 322 g/mol. The van der Waals surface area contributed by atoms with Crippen LogP contribution in [0.4, 0.5) is 0 Å². The van der Waals surface area contributed by atoms with Crippen LogP contribution in [0.2, 0.25) is 0 Å². The Labute approximate surface area is 119 Å². The summed E-state index contributed by atoms with van der Waals surface area (Å²) in [6, 6.07) is 5.48. The van der Waals surface area contributed by atoms with Gasteiger partial charge in [0, 0.05) is 15.7 Å². The van der Waals surface area contributed by atoms with E-state index < -0.39 is 0 Å². The number of hydrogen-bond acceptors (Lipinski definition) is 3. The van der Waals surface area contributed by atoms with Crippen molar-refractivity contribution in [2.24, 2.45) is 10.9 Å². The first kappa shape index (κ1) is 13.6. The number of rotatable bonds is 2. The van der Waals surface area contributed by atoms with Crippen molar-refractivity contribution in [3.8, 4) is 5.69 Å². The lowest BCUT2D eigenvalue weighted by atomic mass is 10.2. The van der Waals surface area contributed by atoms with E-state index in [0.29, 0.717) is 5.56 Å². The molecular weight excluding hydrogens is 308 g/mol. The van der Waals surface area contributed by atoms with E-state index in [-0.39, 0.29) is 5.84 Å². The molecule has 3 N–H and O–H groups in total. The van der Waals surface area contributed by atoms with Gasteiger partial charge in [-0.1, -0.05) is 5.16 Å². The van der Waals surface area contributed by atoms with Gasteiger partial charge in [0.05, 0.1) is 11.4 Å². The molecule has 0 radical (unpaired) electrons. The average molecular weight is 323 g/mol. The molecule has 0 saturated carbocycles. The number of nitrogens with zero attached hydrogens (tertiary/aromatic N) is 3. The van der Waals surface area contributed by atoms with Crippen molar-refractivity contribution < 1.29 is 5.21 Å². The number of aromatic nitrogens is 2. The Kier molecular flexibility index (Phi) is 3.61. The molecule has 0 fully saturated rings. The van der Waals surface area contributed by atoms with Crippen molar-refractivity contribution in [3.05, 3.63) is 45.2 Å². The molecule has 0 aliphatic rings. The molecule has 1 aromatic heterocycles. The highest BCUT2D eigenvalue weighted by molar-refractivity contribution is 9.10. The van der Waals surface area contributed by atoms with Crippen molar-refractivity contribution in [3.63, 3.8) is 0 Å². The van der Waals surface area contributed by atoms with Gasteiger partial charge >= 0.3 is 0 Å². The topological polar surface area (TPSA) is 76.4 Å². The van der Waals surface area contributed by atoms with Gasteiger partial charge in [0.25, 0.3) is 0 Å². The van der Waals surface area contributed by atoms with Gasteiger partial charge in [-0.15, -0.1) is 0 Å². The van der Waals surface area contributed by atoms with Crippen LogP contribution in [0.5, 0.6) is 0 Å². The molecule has 0 unspecified atom stereocenters. The van der Waals surface area contributed by atoms with Crippen molar-refractivity contribution in [1.82, 2.24) is 9.78 Å². The largest absolute Gasteiger partial charge is 0.409 e. The smallest absolute Gasteiger partial charge is 0.170 e. The fourth-order valence-corrected chi connectivity index (χ4v) is 2.40. The van der Waals surface area contributed by atoms with Crippen LogP contribution < -0.4 is 5.73 Å². The molecule has 0 atom stereocenters. The number of hydrogen-bond donors (Lipinski definition) is 2. The van der Waals surface area contributed by atoms with Crippen molar-refractivity contribution in [1.29, 1.82) is 0 Å². The number of amidine groups is 1. The maximum absolute atomic E-state index is 8.68. The molecule has 0 saturated heterocycles. The summed E-state index contributed by atoms with van der Waals surface area (Å²) in [5.41, 5.74) is 10.4. The van der Waals surface area contributed by atoms with Gasteiger partial charge in [-0.3, -0.25) is 0 Å². The summed E-state index contributed by atoms with van der Waals surface area (Å²) in [4.78, 5) is 0. The number of nitrogens with two attached hydrogens (primary N) is 1. The second kappa shape index (κ2) is 5.05. The fraction of sp³-hybridized carbons (Fsp3) is 0.231. The molecule has 6 heteroatoms. The molecule has 1 aromatic carbocycles. The number of aryl methyl sites for hydroxylation is 1. The van der Waals surface area contributed by atoms with Gasteiger partial charge < -0.3 is 10.9 Å². The molecule has 1 heterocycles. The van der Waals surface area contributed by atoms with Gasteiger partial charge in [-0.05, 0) is 60.5 Å². The summed E-state index contributed by atoms with van der Waals surface area (Å²) in [7, 11) is 0. The molecule has 0 spiro atoms. The Bertz CT molecular complexity index is 661. The summed E-state index contributed by atoms with van der Waals surface area (Å²) < 4.78 is 2.72. The van der Waals surface area contributed by atoms with E-state index in [1.807, 2.05) is 31.5 Å². The zero-order valence-electron chi connectivity index (χ0n) is 11.0. The predicted octanol–water partition coefficient (Wildman–Crippen LogP) is 2.65. The van der Waals surface area contributed by atoms with E-state index in [2.05, 4.69) is 26.2 Å². The molecule has 5 nitrogen and oxygen atoms in total. The van der Waals surface area contributed by atoms with Crippen LogP contribution in [0, 0.1) is 20.8 Å². The Morgan fingerprint density at radius 3 is 2.53 bits per heavy atom. The lowest BCUT2D eigenvalue weighted by Gasteiger charge is -2.09. The Hall–Kier alpha value is -1.82. The maximum Gasteiger partial charge on any atom is 0.170 e. The third kappa shape index (κ3) is 2.35. The number of halogens is 1. The fourth-order valence-electron chi connectivity index (χ4n) is 1.85. The molecule has 0 aliphatic carbocycles. The minimum atomic E-state index is 0.0804. The summed E-state index contributed by atoms with van der Waals surface area (Å²) in [6.07, 6.45) is 0. The lowest BCUT2D eigenvalue weighted by molar-refractivity contribution is 0.318. The van der Waals surface area contributed by atoms with Crippen molar-refractivity contribution in [2.45, 2.75) is 20.8 Å². The molecule has 2 aromatic rings. The maximum atomic E-state index is 8.68. The second-order valence-corrected chi connectivity index (χ2v) is 5.21. The lowest BCUT2D eigenvalue weighted by Crippen LogP contribution is -2.13. The molecule has 0 amide bonds. The van der Waals surface area contributed by atoms with Gasteiger partial charge in [0.2, 0.25) is 0 Å². The molecule has 0 bridgehead atoms. The van der Waals surface area contributed by atoms with E-state index >= 15 is 0 Å². The molecular formula is C13H15BrN4O. The molecule has 19 heavy (non-hydrogen) atoms. The predicted molar refractivity (Wildman–Crippen MR) is 78.0 cm³/mol. The van der Waals surface area contributed by atoms with Crippen LogP contribution in [0.25, 0.3) is 5.69 Å². The Balaban J connectivity index is 2.55. The van der Waals surface area contributed by atoms with Gasteiger partial charge in [0.15, 0.2) is 5.84 Å². The first-order chi connectivity index (χ1) is 8.95. The summed E-state index contributed by atoms with van der Waals surface area (Å²) >= 11 is 3.50. The van der Waals surface area contributed by atoms with Crippen LogP contribution >= 0.6 is 15.9 Å². The molecule has 2 rings (SSSR count). The van der Waals surface area contributed by atoms with Gasteiger partial charge in [-0.25, -0.2) is 4.68 Å². The van der Waals surface area contributed by atoms with Gasteiger partial charge in [0.1, 0.15) is 0 Å². The van der Waals surface area contributed by atoms with Crippen LogP contribution in [0.1, 0.15) is 22.5 Å². The Morgan fingerprint density at radius 2 is 2.05 bits per heavy atom. The highest BCUT2D eigenvalue weighted by atomic mass is 79.9. The molecule has 100 valence electrons. The van der Waals surface area contributed by atoms with Crippen LogP contribution in [0.3, 0.4) is 0 Å². The van der Waals surface area contributed by atoms with E-state index in [0.717, 1.165) is 21.5 Å².